The molecule has 0 amide bonds. The van der Waals surface area contributed by atoms with Gasteiger partial charge in [-0.15, -0.1) is 0 Å². The zero-order valence-electron chi connectivity index (χ0n) is 8.23. The van der Waals surface area contributed by atoms with E-state index < -0.39 is 11.8 Å². The van der Waals surface area contributed by atoms with E-state index in [1.807, 2.05) is 0 Å². The van der Waals surface area contributed by atoms with Crippen molar-refractivity contribution in [2.75, 3.05) is 0 Å². The zero-order chi connectivity index (χ0) is 11.7. The van der Waals surface area contributed by atoms with E-state index >= 15 is 0 Å². The highest BCUT2D eigenvalue weighted by Gasteiger charge is 2.14. The highest BCUT2D eigenvalue weighted by atomic mass is 16.4. The van der Waals surface area contributed by atoms with Crippen molar-refractivity contribution in [3.8, 4) is 5.75 Å². The molecule has 82 valence electrons. The Bertz CT molecular complexity index is 570. The van der Waals surface area contributed by atoms with Crippen LogP contribution in [0.1, 0.15) is 5.56 Å². The zero-order valence-corrected chi connectivity index (χ0v) is 8.23. The number of hydrogen-bond donors (Lipinski definition) is 3. The molecular weight excluding hydrogens is 210 g/mol. The number of carboxylic acids is 1. The average molecular weight is 219 g/mol. The molecule has 5 heteroatoms. The van der Waals surface area contributed by atoms with Crippen molar-refractivity contribution < 1.29 is 19.8 Å². The van der Waals surface area contributed by atoms with E-state index in [9.17, 15) is 14.7 Å². The van der Waals surface area contributed by atoms with E-state index in [-0.39, 0.29) is 12.2 Å². The van der Waals surface area contributed by atoms with Gasteiger partial charge in [0.05, 0.1) is 0 Å². The van der Waals surface area contributed by atoms with E-state index in [4.69, 9.17) is 5.11 Å². The number of fused-ring (bicyclic) bond motifs is 1. The number of carboxylic acid groups (broad SMARTS) is 1. The first kappa shape index (κ1) is 10.2. The van der Waals surface area contributed by atoms with Gasteiger partial charge in [0.15, 0.2) is 0 Å². The van der Waals surface area contributed by atoms with Crippen LogP contribution in [-0.2, 0) is 16.0 Å². The minimum absolute atomic E-state index is 0.0797. The lowest BCUT2D eigenvalue weighted by atomic mass is 10.1. The standard InChI is InChI=1S/C11H9NO4/c13-7-1-2-9-8(4-7)6(5-12-9)3-10(14)11(15)16/h1-2,4-5,12-13H,3H2,(H,15,16). The van der Waals surface area contributed by atoms with Crippen molar-refractivity contribution >= 4 is 22.7 Å². The van der Waals surface area contributed by atoms with Crippen molar-refractivity contribution in [3.05, 3.63) is 30.0 Å². The Kier molecular flexibility index (Phi) is 2.36. The lowest BCUT2D eigenvalue weighted by Crippen LogP contribution is -2.14. The van der Waals surface area contributed by atoms with Gasteiger partial charge < -0.3 is 15.2 Å². The van der Waals surface area contributed by atoms with Gasteiger partial charge in [0.1, 0.15) is 5.75 Å². The fraction of sp³-hybridized carbons (Fsp3) is 0.0909. The molecule has 1 aromatic heterocycles. The van der Waals surface area contributed by atoms with E-state index in [2.05, 4.69) is 4.98 Å². The number of rotatable bonds is 3. The van der Waals surface area contributed by atoms with Crippen LogP contribution in [0, 0.1) is 0 Å². The number of ketones is 1. The second-order valence-electron chi connectivity index (χ2n) is 3.45. The van der Waals surface area contributed by atoms with E-state index in [1.165, 1.54) is 12.1 Å². The number of hydrogen-bond acceptors (Lipinski definition) is 3. The summed E-state index contributed by atoms with van der Waals surface area (Å²) in [6.07, 6.45) is 1.39. The Hall–Kier alpha value is -2.30. The number of aliphatic carboxylic acids is 1. The van der Waals surface area contributed by atoms with Gasteiger partial charge in [0.2, 0.25) is 5.78 Å². The fourth-order valence-electron chi connectivity index (χ4n) is 1.56. The predicted octanol–water partition coefficient (Wildman–Crippen LogP) is 1.07. The van der Waals surface area contributed by atoms with Gasteiger partial charge in [-0.3, -0.25) is 4.79 Å². The summed E-state index contributed by atoms with van der Waals surface area (Å²) in [4.78, 5) is 24.4. The third-order valence-electron chi connectivity index (χ3n) is 2.34. The maximum absolute atomic E-state index is 11.1. The molecule has 0 unspecified atom stereocenters. The molecule has 3 N–H and O–H groups in total. The van der Waals surface area contributed by atoms with Gasteiger partial charge in [-0.05, 0) is 23.8 Å². The van der Waals surface area contributed by atoms with Gasteiger partial charge in [-0.2, -0.15) is 0 Å². The molecule has 0 aliphatic heterocycles. The van der Waals surface area contributed by atoms with Crippen LogP contribution < -0.4 is 0 Å². The Morgan fingerprint density at radius 3 is 2.75 bits per heavy atom. The van der Waals surface area contributed by atoms with Crippen molar-refractivity contribution in [2.24, 2.45) is 0 Å². The summed E-state index contributed by atoms with van der Waals surface area (Å²) in [6.45, 7) is 0. The van der Waals surface area contributed by atoms with Crippen molar-refractivity contribution in [3.63, 3.8) is 0 Å². The molecule has 0 spiro atoms. The number of carbonyl (C=O) groups is 2. The number of aromatic nitrogens is 1. The van der Waals surface area contributed by atoms with Crippen molar-refractivity contribution in [1.82, 2.24) is 4.98 Å². The Morgan fingerprint density at radius 1 is 1.31 bits per heavy atom. The van der Waals surface area contributed by atoms with E-state index in [0.717, 1.165) is 5.52 Å². The topological polar surface area (TPSA) is 90.4 Å². The largest absolute Gasteiger partial charge is 0.508 e. The molecule has 0 fully saturated rings. The Labute approximate surface area is 90.3 Å². The van der Waals surface area contributed by atoms with Crippen LogP contribution in [0.2, 0.25) is 0 Å². The van der Waals surface area contributed by atoms with Gasteiger partial charge >= 0.3 is 5.97 Å². The molecule has 0 atom stereocenters. The summed E-state index contributed by atoms with van der Waals surface area (Å²) in [7, 11) is 0. The monoisotopic (exact) mass is 219 g/mol. The van der Waals surface area contributed by atoms with Gasteiger partial charge in [-0.1, -0.05) is 0 Å². The number of phenolic OH excluding ortho intramolecular Hbond substituents is 1. The molecule has 0 aliphatic rings. The maximum Gasteiger partial charge on any atom is 0.372 e. The van der Waals surface area contributed by atoms with Crippen LogP contribution in [0.4, 0.5) is 0 Å². The molecule has 2 rings (SSSR count). The molecule has 16 heavy (non-hydrogen) atoms. The number of aromatic hydroxyl groups is 1. The summed E-state index contributed by atoms with van der Waals surface area (Å²) in [5.41, 5.74) is 1.32. The summed E-state index contributed by atoms with van der Waals surface area (Å²) >= 11 is 0. The first-order valence-electron chi connectivity index (χ1n) is 4.63. The lowest BCUT2D eigenvalue weighted by molar-refractivity contribution is -0.148. The van der Waals surface area contributed by atoms with E-state index in [1.54, 1.807) is 12.3 Å². The average Bonchev–Trinajstić information content (AvgIpc) is 2.61. The number of nitrogens with one attached hydrogen (secondary N) is 1. The number of phenols is 1. The smallest absolute Gasteiger partial charge is 0.372 e. The molecule has 0 saturated heterocycles. The van der Waals surface area contributed by atoms with Crippen LogP contribution in [0.3, 0.4) is 0 Å². The van der Waals surface area contributed by atoms with Crippen molar-refractivity contribution in [2.45, 2.75) is 6.42 Å². The minimum atomic E-state index is -1.45. The SMILES string of the molecule is O=C(O)C(=O)Cc1c[nH]c2ccc(O)cc12. The molecule has 0 aliphatic carbocycles. The number of Topliss-reactive ketones (excluding diaryl/α,β-unsaturated/α-hetero) is 1. The molecular formula is C11H9NO4. The van der Waals surface area contributed by atoms with Gasteiger partial charge in [0.25, 0.3) is 0 Å². The molecule has 2 aromatic rings. The first-order chi connectivity index (χ1) is 7.58. The Balaban J connectivity index is 2.41. The lowest BCUT2D eigenvalue weighted by Gasteiger charge is -1.96. The summed E-state index contributed by atoms with van der Waals surface area (Å²) in [6, 6.07) is 4.68. The normalized spacial score (nSPS) is 10.5. The van der Waals surface area contributed by atoms with Crippen LogP contribution in [-0.4, -0.2) is 26.9 Å². The third-order valence-corrected chi connectivity index (χ3v) is 2.34. The van der Waals surface area contributed by atoms with Crippen LogP contribution in [0.25, 0.3) is 10.9 Å². The van der Waals surface area contributed by atoms with E-state index in [0.29, 0.717) is 10.9 Å². The van der Waals surface area contributed by atoms with Gasteiger partial charge in [-0.25, -0.2) is 4.79 Å². The van der Waals surface area contributed by atoms with Crippen LogP contribution in [0.5, 0.6) is 5.75 Å². The van der Waals surface area contributed by atoms with Gasteiger partial charge in [0, 0.05) is 23.5 Å². The predicted molar refractivity (Wildman–Crippen MR) is 56.3 cm³/mol. The fourth-order valence-corrected chi connectivity index (χ4v) is 1.56. The summed E-state index contributed by atoms with van der Waals surface area (Å²) in [5.74, 6) is -2.24. The highest BCUT2D eigenvalue weighted by molar-refractivity contribution is 6.33. The second kappa shape index (κ2) is 3.69. The quantitative estimate of drug-likeness (QED) is 0.673. The van der Waals surface area contributed by atoms with Crippen molar-refractivity contribution in [1.29, 1.82) is 0 Å². The van der Waals surface area contributed by atoms with Crippen LogP contribution in [0.15, 0.2) is 24.4 Å². The molecule has 0 saturated carbocycles. The number of benzene rings is 1. The molecule has 5 nitrogen and oxygen atoms in total. The minimum Gasteiger partial charge on any atom is -0.508 e. The molecule has 1 heterocycles. The number of carbonyl (C=O) groups excluding carboxylic acids is 1. The number of aromatic amines is 1. The molecule has 0 bridgehead atoms. The first-order valence-corrected chi connectivity index (χ1v) is 4.63. The van der Waals surface area contributed by atoms with Crippen LogP contribution >= 0.6 is 0 Å². The number of H-pyrrole nitrogens is 1. The molecule has 1 aromatic carbocycles. The Morgan fingerprint density at radius 2 is 2.06 bits per heavy atom. The highest BCUT2D eigenvalue weighted by Crippen LogP contribution is 2.23. The molecule has 0 radical (unpaired) electrons. The summed E-state index contributed by atoms with van der Waals surface area (Å²) < 4.78 is 0. The second-order valence-corrected chi connectivity index (χ2v) is 3.45. The third kappa shape index (κ3) is 1.75. The summed E-state index contributed by atoms with van der Waals surface area (Å²) in [5, 5.41) is 18.5. The maximum atomic E-state index is 11.1.